The Hall–Kier alpha value is -2.87. The van der Waals surface area contributed by atoms with Gasteiger partial charge in [0, 0.05) is 0 Å². The van der Waals surface area contributed by atoms with Crippen molar-refractivity contribution in [2.24, 2.45) is 0 Å². The standard InChI is InChI=1S/C15H12N4O/c1-3-8-18-10-16-14-12(15(18)20)9-17-19(14)13-7-5-4-6-11(13)2/h1,4-7,9-10H,8H2,2H3. The largest absolute Gasteiger partial charge is 0.287 e. The topological polar surface area (TPSA) is 52.7 Å². The van der Waals surface area contributed by atoms with Gasteiger partial charge in [-0.2, -0.15) is 5.10 Å². The molecule has 2 heterocycles. The zero-order chi connectivity index (χ0) is 14.1. The van der Waals surface area contributed by atoms with Gasteiger partial charge in [-0.15, -0.1) is 6.42 Å². The van der Waals surface area contributed by atoms with Crippen LogP contribution in [-0.4, -0.2) is 19.3 Å². The van der Waals surface area contributed by atoms with Crippen LogP contribution in [0.3, 0.4) is 0 Å². The summed E-state index contributed by atoms with van der Waals surface area (Å²) >= 11 is 0. The van der Waals surface area contributed by atoms with Crippen molar-refractivity contribution in [1.82, 2.24) is 19.3 Å². The first-order valence-corrected chi connectivity index (χ1v) is 6.15. The molecule has 98 valence electrons. The maximum Gasteiger partial charge on any atom is 0.265 e. The van der Waals surface area contributed by atoms with Gasteiger partial charge in [0.2, 0.25) is 0 Å². The summed E-state index contributed by atoms with van der Waals surface area (Å²) in [6.45, 7) is 2.19. The lowest BCUT2D eigenvalue weighted by Gasteiger charge is -2.06. The van der Waals surface area contributed by atoms with Crippen LogP contribution in [0, 0.1) is 19.3 Å². The number of benzene rings is 1. The van der Waals surface area contributed by atoms with Crippen LogP contribution in [0.15, 0.2) is 41.6 Å². The smallest absolute Gasteiger partial charge is 0.265 e. The molecule has 0 fully saturated rings. The number of terminal acetylenes is 1. The minimum absolute atomic E-state index is 0.173. The molecule has 2 aromatic heterocycles. The summed E-state index contributed by atoms with van der Waals surface area (Å²) in [5.74, 6) is 2.43. The molecular weight excluding hydrogens is 252 g/mol. The molecular formula is C15H12N4O. The van der Waals surface area contributed by atoms with Crippen molar-refractivity contribution in [2.75, 3.05) is 0 Å². The second-order valence-electron chi connectivity index (χ2n) is 4.46. The van der Waals surface area contributed by atoms with Gasteiger partial charge in [0.25, 0.3) is 5.56 Å². The first-order chi connectivity index (χ1) is 9.72. The van der Waals surface area contributed by atoms with Crippen molar-refractivity contribution in [3.63, 3.8) is 0 Å². The van der Waals surface area contributed by atoms with E-state index in [0.29, 0.717) is 11.0 Å². The molecule has 0 radical (unpaired) electrons. The number of hydrogen-bond acceptors (Lipinski definition) is 3. The van der Waals surface area contributed by atoms with E-state index in [0.717, 1.165) is 11.3 Å². The summed E-state index contributed by atoms with van der Waals surface area (Å²) < 4.78 is 3.07. The van der Waals surface area contributed by atoms with Crippen molar-refractivity contribution in [2.45, 2.75) is 13.5 Å². The second kappa shape index (κ2) is 4.67. The fourth-order valence-corrected chi connectivity index (χ4v) is 2.14. The van der Waals surface area contributed by atoms with Crippen LogP contribution >= 0.6 is 0 Å². The van der Waals surface area contributed by atoms with E-state index in [2.05, 4.69) is 16.0 Å². The Morgan fingerprint density at radius 1 is 1.35 bits per heavy atom. The molecule has 5 nitrogen and oxygen atoms in total. The molecule has 0 amide bonds. The summed E-state index contributed by atoms with van der Waals surface area (Å²) in [6.07, 6.45) is 8.22. The zero-order valence-electron chi connectivity index (χ0n) is 10.9. The van der Waals surface area contributed by atoms with Gasteiger partial charge in [-0.1, -0.05) is 24.1 Å². The highest BCUT2D eigenvalue weighted by Crippen LogP contribution is 2.16. The number of aromatic nitrogens is 4. The Bertz CT molecular complexity index is 883. The van der Waals surface area contributed by atoms with Crippen molar-refractivity contribution in [3.05, 3.63) is 52.7 Å². The van der Waals surface area contributed by atoms with Crippen LogP contribution < -0.4 is 5.56 Å². The van der Waals surface area contributed by atoms with Crippen molar-refractivity contribution < 1.29 is 0 Å². The number of hydrogen-bond donors (Lipinski definition) is 0. The van der Waals surface area contributed by atoms with Crippen LogP contribution in [-0.2, 0) is 6.54 Å². The average molecular weight is 264 g/mol. The first-order valence-electron chi connectivity index (χ1n) is 6.15. The van der Waals surface area contributed by atoms with Gasteiger partial charge in [0.1, 0.15) is 11.7 Å². The van der Waals surface area contributed by atoms with Gasteiger partial charge in [-0.3, -0.25) is 9.36 Å². The highest BCUT2D eigenvalue weighted by Gasteiger charge is 2.11. The minimum Gasteiger partial charge on any atom is -0.287 e. The minimum atomic E-state index is -0.173. The Kier molecular flexibility index (Phi) is 2.84. The van der Waals surface area contributed by atoms with Gasteiger partial charge in [0.15, 0.2) is 5.65 Å². The van der Waals surface area contributed by atoms with E-state index in [1.54, 1.807) is 4.68 Å². The summed E-state index contributed by atoms with van der Waals surface area (Å²) in [7, 11) is 0. The Morgan fingerprint density at radius 3 is 2.90 bits per heavy atom. The van der Waals surface area contributed by atoms with Crippen molar-refractivity contribution in [3.8, 4) is 18.0 Å². The van der Waals surface area contributed by atoms with Crippen LogP contribution in [0.25, 0.3) is 16.7 Å². The van der Waals surface area contributed by atoms with Crippen molar-refractivity contribution in [1.29, 1.82) is 0 Å². The van der Waals surface area contributed by atoms with E-state index in [4.69, 9.17) is 6.42 Å². The second-order valence-corrected chi connectivity index (χ2v) is 4.46. The van der Waals surface area contributed by atoms with E-state index in [1.165, 1.54) is 17.1 Å². The molecule has 3 rings (SSSR count). The molecule has 0 atom stereocenters. The third-order valence-corrected chi connectivity index (χ3v) is 3.16. The van der Waals surface area contributed by atoms with Crippen LogP contribution in [0.5, 0.6) is 0 Å². The Balaban J connectivity index is 2.27. The molecule has 0 aliphatic heterocycles. The Labute approximate surface area is 115 Å². The molecule has 0 aliphatic carbocycles. The Morgan fingerprint density at radius 2 is 2.15 bits per heavy atom. The quantitative estimate of drug-likeness (QED) is 0.659. The molecule has 0 saturated heterocycles. The molecule has 3 aromatic rings. The number of rotatable bonds is 2. The maximum absolute atomic E-state index is 12.2. The van der Waals surface area contributed by atoms with Gasteiger partial charge in [0.05, 0.1) is 18.4 Å². The van der Waals surface area contributed by atoms with Crippen LogP contribution in [0.2, 0.25) is 0 Å². The van der Waals surface area contributed by atoms with E-state index in [9.17, 15) is 4.79 Å². The first kappa shape index (κ1) is 12.2. The third kappa shape index (κ3) is 1.79. The summed E-state index contributed by atoms with van der Waals surface area (Å²) in [6, 6.07) is 7.81. The lowest BCUT2D eigenvalue weighted by atomic mass is 10.2. The van der Waals surface area contributed by atoms with E-state index in [1.807, 2.05) is 31.2 Å². The monoisotopic (exact) mass is 264 g/mol. The van der Waals surface area contributed by atoms with E-state index >= 15 is 0 Å². The fraction of sp³-hybridized carbons (Fsp3) is 0.133. The lowest BCUT2D eigenvalue weighted by Crippen LogP contribution is -2.19. The number of aryl methyl sites for hydroxylation is 1. The van der Waals surface area contributed by atoms with E-state index in [-0.39, 0.29) is 12.1 Å². The summed E-state index contributed by atoms with van der Waals surface area (Å²) in [4.78, 5) is 16.5. The van der Waals surface area contributed by atoms with Crippen LogP contribution in [0.4, 0.5) is 0 Å². The maximum atomic E-state index is 12.2. The highest BCUT2D eigenvalue weighted by atomic mass is 16.1. The molecule has 0 spiro atoms. The van der Waals surface area contributed by atoms with Crippen LogP contribution in [0.1, 0.15) is 5.56 Å². The highest BCUT2D eigenvalue weighted by molar-refractivity contribution is 5.75. The molecule has 5 heteroatoms. The molecule has 0 aliphatic rings. The fourth-order valence-electron chi connectivity index (χ4n) is 2.14. The molecule has 0 N–H and O–H groups in total. The SMILES string of the molecule is C#CCn1cnc2c(cnn2-c2ccccc2C)c1=O. The van der Waals surface area contributed by atoms with Crippen molar-refractivity contribution >= 4 is 11.0 Å². The van der Waals surface area contributed by atoms with Gasteiger partial charge >= 0.3 is 0 Å². The van der Waals surface area contributed by atoms with Gasteiger partial charge < -0.3 is 0 Å². The lowest BCUT2D eigenvalue weighted by molar-refractivity contribution is 0.778. The van der Waals surface area contributed by atoms with E-state index < -0.39 is 0 Å². The van der Waals surface area contributed by atoms with Gasteiger partial charge in [-0.25, -0.2) is 9.67 Å². The zero-order valence-corrected chi connectivity index (χ0v) is 10.9. The number of nitrogens with zero attached hydrogens (tertiary/aromatic N) is 4. The number of para-hydroxylation sites is 1. The average Bonchev–Trinajstić information content (AvgIpc) is 2.87. The normalized spacial score (nSPS) is 10.6. The predicted molar refractivity (Wildman–Crippen MR) is 76.7 cm³/mol. The predicted octanol–water partition coefficient (Wildman–Crippen LogP) is 1.52. The molecule has 0 unspecified atom stereocenters. The molecule has 1 aromatic carbocycles. The molecule has 20 heavy (non-hydrogen) atoms. The van der Waals surface area contributed by atoms with Gasteiger partial charge in [-0.05, 0) is 18.6 Å². The summed E-state index contributed by atoms with van der Waals surface area (Å²) in [5, 5.41) is 4.74. The molecule has 0 saturated carbocycles. The molecule has 0 bridgehead atoms. The number of fused-ring (bicyclic) bond motifs is 1. The third-order valence-electron chi connectivity index (χ3n) is 3.16. The summed E-state index contributed by atoms with van der Waals surface area (Å²) in [5.41, 5.74) is 2.33.